The Morgan fingerprint density at radius 2 is 2.62 bits per heavy atom. The Morgan fingerprint density at radius 3 is 3.00 bits per heavy atom. The number of hydrogen-bond donors (Lipinski definition) is 2. The number of nitrogens with one attached hydrogen (secondary N) is 1. The van der Waals surface area contributed by atoms with Crippen LogP contribution in [0.2, 0.25) is 0 Å². The molecule has 0 bridgehead atoms. The van der Waals surface area contributed by atoms with Gasteiger partial charge in [0.1, 0.15) is 0 Å². The van der Waals surface area contributed by atoms with Crippen molar-refractivity contribution in [1.82, 2.24) is 9.97 Å². The zero-order valence-electron chi connectivity index (χ0n) is 3.88. The first kappa shape index (κ1) is 4.83. The zero-order valence-corrected chi connectivity index (χ0v) is 3.88. The van der Waals surface area contributed by atoms with Crippen molar-refractivity contribution in [2.45, 2.75) is 0 Å². The van der Waals surface area contributed by atoms with Crippen LogP contribution in [-0.4, -0.2) is 15.1 Å². The first-order valence-electron chi connectivity index (χ1n) is 1.95. The van der Waals surface area contributed by atoms with E-state index in [1.165, 1.54) is 6.20 Å². The summed E-state index contributed by atoms with van der Waals surface area (Å²) in [6, 6.07) is 2.26. The number of hydrogen-bond acceptors (Lipinski definition) is 3. The predicted octanol–water partition coefficient (Wildman–Crippen LogP) is -0.724. The topological polar surface area (TPSA) is 66.0 Å². The molecule has 1 rings (SSSR count). The molecule has 8 heavy (non-hydrogen) atoms. The Balaban J connectivity index is 3.28. The lowest BCUT2D eigenvalue weighted by molar-refractivity contribution is 0.448. The van der Waals surface area contributed by atoms with Crippen LogP contribution in [0.1, 0.15) is 0 Å². The average Bonchev–Trinajstić information content (AvgIpc) is 1.64. The monoisotopic (exact) mass is 111 g/mol. The maximum Gasteiger partial charge on any atom is 0.348 e. The number of nitrogens with zero attached hydrogens (tertiary/aromatic N) is 1. The van der Waals surface area contributed by atoms with Crippen LogP contribution in [0.3, 0.4) is 0 Å². The molecular formula is C4H3N2O2. The van der Waals surface area contributed by atoms with Crippen molar-refractivity contribution in [3.8, 4) is 5.88 Å². The molecule has 0 saturated heterocycles. The van der Waals surface area contributed by atoms with E-state index in [4.69, 9.17) is 5.11 Å². The fraction of sp³-hybridized carbons (Fsp3) is 0. The van der Waals surface area contributed by atoms with Crippen molar-refractivity contribution in [3.63, 3.8) is 0 Å². The lowest BCUT2D eigenvalue weighted by Crippen LogP contribution is -2.07. The Labute approximate surface area is 44.8 Å². The molecule has 0 aromatic carbocycles. The average molecular weight is 111 g/mol. The molecule has 0 aliphatic rings. The summed E-state index contributed by atoms with van der Waals surface area (Å²) in [5, 5.41) is 8.43. The van der Waals surface area contributed by atoms with Gasteiger partial charge in [-0.15, -0.1) is 0 Å². The minimum absolute atomic E-state index is 0.381. The molecule has 0 unspecified atom stereocenters. The minimum atomic E-state index is -0.568. The molecule has 1 aromatic heterocycles. The summed E-state index contributed by atoms with van der Waals surface area (Å²) < 4.78 is 0. The molecule has 1 radical (unpaired) electrons. The van der Waals surface area contributed by atoms with Gasteiger partial charge in [-0.05, 0) is 0 Å². The maximum absolute atomic E-state index is 10.1. The lowest BCUT2D eigenvalue weighted by Gasteiger charge is -1.81. The third kappa shape index (κ3) is 0.841. The Morgan fingerprint density at radius 1 is 1.88 bits per heavy atom. The number of aromatic amines is 1. The molecule has 4 nitrogen and oxygen atoms in total. The molecule has 0 atom stereocenters. The normalized spacial score (nSPS) is 9.00. The SMILES string of the molecule is O=c1nc(O)[c]c[nH]1. The first-order valence-corrected chi connectivity index (χ1v) is 1.95. The van der Waals surface area contributed by atoms with Crippen LogP contribution in [0, 0.1) is 6.07 Å². The lowest BCUT2D eigenvalue weighted by atomic mass is 10.6. The van der Waals surface area contributed by atoms with Gasteiger partial charge in [0.15, 0.2) is 0 Å². The number of rotatable bonds is 0. The van der Waals surface area contributed by atoms with Crippen LogP contribution in [0.5, 0.6) is 5.88 Å². The first-order chi connectivity index (χ1) is 3.79. The van der Waals surface area contributed by atoms with Gasteiger partial charge in [-0.1, -0.05) is 0 Å². The summed E-state index contributed by atoms with van der Waals surface area (Å²) >= 11 is 0. The van der Waals surface area contributed by atoms with Crippen molar-refractivity contribution in [1.29, 1.82) is 0 Å². The highest BCUT2D eigenvalue weighted by Gasteiger charge is 1.85. The molecule has 0 aliphatic heterocycles. The molecule has 0 spiro atoms. The van der Waals surface area contributed by atoms with Gasteiger partial charge in [0.2, 0.25) is 5.88 Å². The van der Waals surface area contributed by atoms with Crippen LogP contribution < -0.4 is 5.69 Å². The van der Waals surface area contributed by atoms with Crippen molar-refractivity contribution < 1.29 is 5.11 Å². The fourth-order valence-corrected chi connectivity index (χ4v) is 0.323. The third-order valence-corrected chi connectivity index (χ3v) is 0.604. The second-order valence-corrected chi connectivity index (χ2v) is 1.17. The predicted molar refractivity (Wildman–Crippen MR) is 25.4 cm³/mol. The van der Waals surface area contributed by atoms with E-state index in [1.807, 2.05) is 0 Å². The molecule has 1 aromatic rings. The summed E-state index contributed by atoms with van der Waals surface area (Å²) in [6.45, 7) is 0. The molecule has 1 heterocycles. The molecule has 0 fully saturated rings. The second kappa shape index (κ2) is 1.65. The Kier molecular flexibility index (Phi) is 0.997. The molecule has 41 valence electrons. The van der Waals surface area contributed by atoms with Gasteiger partial charge in [-0.2, -0.15) is 4.98 Å². The molecular weight excluding hydrogens is 108 g/mol. The maximum atomic E-state index is 10.1. The largest absolute Gasteiger partial charge is 0.493 e. The van der Waals surface area contributed by atoms with E-state index < -0.39 is 5.69 Å². The molecule has 0 amide bonds. The van der Waals surface area contributed by atoms with Gasteiger partial charge in [-0.25, -0.2) is 4.79 Å². The van der Waals surface area contributed by atoms with Gasteiger partial charge in [0.25, 0.3) is 0 Å². The van der Waals surface area contributed by atoms with Gasteiger partial charge in [0.05, 0.1) is 6.07 Å². The van der Waals surface area contributed by atoms with Crippen LogP contribution in [0.25, 0.3) is 0 Å². The minimum Gasteiger partial charge on any atom is -0.493 e. The van der Waals surface area contributed by atoms with Gasteiger partial charge in [0, 0.05) is 6.20 Å². The third-order valence-electron chi connectivity index (χ3n) is 0.604. The van der Waals surface area contributed by atoms with E-state index in [9.17, 15) is 4.79 Å². The molecule has 4 heteroatoms. The van der Waals surface area contributed by atoms with E-state index in [1.54, 1.807) is 0 Å². The van der Waals surface area contributed by atoms with E-state index in [0.717, 1.165) is 0 Å². The summed E-state index contributed by atoms with van der Waals surface area (Å²) in [4.78, 5) is 15.4. The highest BCUT2D eigenvalue weighted by molar-refractivity contribution is 4.98. The van der Waals surface area contributed by atoms with E-state index >= 15 is 0 Å². The quantitative estimate of drug-likeness (QED) is 0.464. The highest BCUT2D eigenvalue weighted by Crippen LogP contribution is 1.90. The van der Waals surface area contributed by atoms with Gasteiger partial charge in [-0.3, -0.25) is 0 Å². The van der Waals surface area contributed by atoms with E-state index in [0.29, 0.717) is 0 Å². The smallest absolute Gasteiger partial charge is 0.348 e. The number of H-pyrrole nitrogens is 1. The summed E-state index contributed by atoms with van der Waals surface area (Å²) in [7, 11) is 0. The van der Waals surface area contributed by atoms with Crippen molar-refractivity contribution in [3.05, 3.63) is 22.7 Å². The van der Waals surface area contributed by atoms with Crippen LogP contribution in [0.4, 0.5) is 0 Å². The van der Waals surface area contributed by atoms with Gasteiger partial charge >= 0.3 is 5.69 Å². The summed E-state index contributed by atoms with van der Waals surface area (Å²) in [5.74, 6) is -0.381. The zero-order chi connectivity index (χ0) is 5.98. The van der Waals surface area contributed by atoms with E-state index in [2.05, 4.69) is 16.0 Å². The fourth-order valence-electron chi connectivity index (χ4n) is 0.323. The summed E-state index contributed by atoms with van der Waals surface area (Å²) in [6.07, 6.45) is 1.20. The highest BCUT2D eigenvalue weighted by atomic mass is 16.3. The van der Waals surface area contributed by atoms with Crippen LogP contribution in [-0.2, 0) is 0 Å². The van der Waals surface area contributed by atoms with Crippen LogP contribution in [0.15, 0.2) is 11.0 Å². The molecule has 0 aliphatic carbocycles. The van der Waals surface area contributed by atoms with E-state index in [-0.39, 0.29) is 5.88 Å². The molecule has 0 saturated carbocycles. The standard InChI is InChI=1S/C4H3N2O2/c7-3-1-2-5-4(8)6-3/h2H,(H2,5,6,7,8). The second-order valence-electron chi connectivity index (χ2n) is 1.17. The number of aromatic nitrogens is 2. The van der Waals surface area contributed by atoms with Gasteiger partial charge < -0.3 is 10.1 Å². The molecule has 2 N–H and O–H groups in total. The van der Waals surface area contributed by atoms with Crippen molar-refractivity contribution in [2.75, 3.05) is 0 Å². The van der Waals surface area contributed by atoms with Crippen molar-refractivity contribution >= 4 is 0 Å². The van der Waals surface area contributed by atoms with Crippen molar-refractivity contribution in [2.24, 2.45) is 0 Å². The Hall–Kier alpha value is -1.32. The number of aromatic hydroxyl groups is 1. The summed E-state index contributed by atoms with van der Waals surface area (Å²) in [5.41, 5.74) is -0.568. The Bertz CT molecular complexity index is 229. The van der Waals surface area contributed by atoms with Crippen LogP contribution >= 0.6 is 0 Å².